The number of hydrogen-bond acceptors (Lipinski definition) is 5. The third kappa shape index (κ3) is 3.05. The standard InChI is InChI=1S/C13H11N3O3S/c1-16-10-11(8-14)7-12(16)9-15-19-20(17,18)13-5-3-2-4-6-13/h2-7,9-10H,1H3. The monoisotopic (exact) mass is 289 g/mol. The zero-order valence-electron chi connectivity index (χ0n) is 10.6. The molecule has 0 unspecified atom stereocenters. The third-order valence-electron chi connectivity index (χ3n) is 2.53. The van der Waals surface area contributed by atoms with Gasteiger partial charge in [0.15, 0.2) is 0 Å². The second-order valence-corrected chi connectivity index (χ2v) is 5.48. The number of aryl methyl sites for hydroxylation is 1. The maximum absolute atomic E-state index is 11.8. The van der Waals surface area contributed by atoms with Crippen LogP contribution in [0.1, 0.15) is 11.3 Å². The Morgan fingerprint density at radius 1 is 1.35 bits per heavy atom. The van der Waals surface area contributed by atoms with Crippen LogP contribution in [0.2, 0.25) is 0 Å². The summed E-state index contributed by atoms with van der Waals surface area (Å²) in [5.41, 5.74) is 1.02. The van der Waals surface area contributed by atoms with E-state index in [4.69, 9.17) is 5.26 Å². The maximum Gasteiger partial charge on any atom is 0.358 e. The van der Waals surface area contributed by atoms with Gasteiger partial charge in [0.25, 0.3) is 0 Å². The highest BCUT2D eigenvalue weighted by Crippen LogP contribution is 2.11. The summed E-state index contributed by atoms with van der Waals surface area (Å²) in [6, 6.07) is 11.3. The summed E-state index contributed by atoms with van der Waals surface area (Å²) in [4.78, 5) is 0.0294. The van der Waals surface area contributed by atoms with Crippen molar-refractivity contribution in [3.8, 4) is 6.07 Å². The molecule has 0 saturated carbocycles. The smallest absolute Gasteiger partial charge is 0.348 e. The van der Waals surface area contributed by atoms with E-state index in [-0.39, 0.29) is 4.90 Å². The molecule has 0 saturated heterocycles. The van der Waals surface area contributed by atoms with Crippen molar-refractivity contribution < 1.29 is 12.7 Å². The van der Waals surface area contributed by atoms with E-state index in [1.54, 1.807) is 42.1 Å². The van der Waals surface area contributed by atoms with E-state index in [2.05, 4.69) is 9.44 Å². The van der Waals surface area contributed by atoms with Crippen molar-refractivity contribution in [1.82, 2.24) is 4.57 Å². The molecule has 102 valence electrons. The Labute approximate surface area is 116 Å². The molecule has 1 aromatic carbocycles. The molecule has 1 heterocycles. The van der Waals surface area contributed by atoms with Gasteiger partial charge in [0.2, 0.25) is 0 Å². The fourth-order valence-electron chi connectivity index (χ4n) is 1.53. The lowest BCUT2D eigenvalue weighted by molar-refractivity contribution is 0.341. The molecule has 0 aliphatic heterocycles. The molecule has 0 aliphatic rings. The molecule has 0 N–H and O–H groups in total. The number of hydrogen-bond donors (Lipinski definition) is 0. The minimum absolute atomic E-state index is 0.0294. The molecule has 20 heavy (non-hydrogen) atoms. The highest BCUT2D eigenvalue weighted by atomic mass is 32.2. The lowest BCUT2D eigenvalue weighted by Gasteiger charge is -2.00. The first-order valence-corrected chi connectivity index (χ1v) is 7.02. The predicted octanol–water partition coefficient (Wildman–Crippen LogP) is 1.64. The van der Waals surface area contributed by atoms with E-state index in [9.17, 15) is 8.42 Å². The van der Waals surface area contributed by atoms with Crippen LogP contribution >= 0.6 is 0 Å². The molecule has 0 spiro atoms. The van der Waals surface area contributed by atoms with Gasteiger partial charge in [-0.3, -0.25) is 4.28 Å². The summed E-state index contributed by atoms with van der Waals surface area (Å²) in [7, 11) is -2.20. The van der Waals surface area contributed by atoms with E-state index in [0.717, 1.165) is 0 Å². The van der Waals surface area contributed by atoms with Crippen LogP contribution in [0.25, 0.3) is 0 Å². The summed E-state index contributed by atoms with van der Waals surface area (Å²) in [5, 5.41) is 12.2. The second kappa shape index (κ2) is 5.59. The number of benzene rings is 1. The van der Waals surface area contributed by atoms with Gasteiger partial charge >= 0.3 is 10.1 Å². The molecule has 1 aromatic heterocycles. The largest absolute Gasteiger partial charge is 0.358 e. The second-order valence-electron chi connectivity index (χ2n) is 3.95. The zero-order chi connectivity index (χ0) is 14.6. The van der Waals surface area contributed by atoms with Crippen LogP contribution < -0.4 is 0 Å². The van der Waals surface area contributed by atoms with Crippen molar-refractivity contribution >= 4 is 16.3 Å². The molecule has 6 nitrogen and oxygen atoms in total. The molecular formula is C13H11N3O3S. The molecule has 0 bridgehead atoms. The van der Waals surface area contributed by atoms with Crippen LogP contribution in [-0.2, 0) is 21.4 Å². The van der Waals surface area contributed by atoms with Crippen LogP contribution in [0, 0.1) is 11.3 Å². The number of oxime groups is 1. The first-order valence-electron chi connectivity index (χ1n) is 5.61. The Hall–Kier alpha value is -2.59. The van der Waals surface area contributed by atoms with E-state index in [1.165, 1.54) is 18.3 Å². The number of rotatable bonds is 4. The van der Waals surface area contributed by atoms with Crippen molar-refractivity contribution in [2.24, 2.45) is 12.2 Å². The minimum Gasteiger partial charge on any atom is -0.348 e. The Morgan fingerprint density at radius 2 is 2.05 bits per heavy atom. The van der Waals surface area contributed by atoms with Gasteiger partial charge in [-0.05, 0) is 18.2 Å². The SMILES string of the molecule is Cn1cc(C#N)cc1C=NOS(=O)(=O)c1ccccc1. The van der Waals surface area contributed by atoms with Crippen LogP contribution in [-0.4, -0.2) is 19.2 Å². The lowest BCUT2D eigenvalue weighted by Crippen LogP contribution is -2.03. The molecule has 7 heteroatoms. The first-order chi connectivity index (χ1) is 9.53. The fourth-order valence-corrected chi connectivity index (χ4v) is 2.27. The fraction of sp³-hybridized carbons (Fsp3) is 0.0769. The molecule has 0 amide bonds. The highest BCUT2D eigenvalue weighted by Gasteiger charge is 2.14. The van der Waals surface area contributed by atoms with Gasteiger partial charge in [-0.1, -0.05) is 23.4 Å². The van der Waals surface area contributed by atoms with E-state index in [0.29, 0.717) is 11.3 Å². The topological polar surface area (TPSA) is 84.4 Å². The van der Waals surface area contributed by atoms with Gasteiger partial charge in [-0.2, -0.15) is 13.7 Å². The average molecular weight is 289 g/mol. The Bertz CT molecular complexity index is 771. The Kier molecular flexibility index (Phi) is 3.86. The summed E-state index contributed by atoms with van der Waals surface area (Å²) in [6.45, 7) is 0. The number of aromatic nitrogens is 1. The Morgan fingerprint density at radius 3 is 2.65 bits per heavy atom. The normalized spacial score (nSPS) is 11.4. The average Bonchev–Trinajstić information content (AvgIpc) is 2.80. The quantitative estimate of drug-likeness (QED) is 0.632. The van der Waals surface area contributed by atoms with Crippen molar-refractivity contribution in [2.75, 3.05) is 0 Å². The van der Waals surface area contributed by atoms with Gasteiger partial charge in [0, 0.05) is 13.2 Å². The van der Waals surface area contributed by atoms with Crippen molar-refractivity contribution in [3.63, 3.8) is 0 Å². The summed E-state index contributed by atoms with van der Waals surface area (Å²) in [5.74, 6) is 0. The van der Waals surface area contributed by atoms with E-state index >= 15 is 0 Å². The molecule has 2 aromatic rings. The number of nitriles is 1. The zero-order valence-corrected chi connectivity index (χ0v) is 11.4. The summed E-state index contributed by atoms with van der Waals surface area (Å²) >= 11 is 0. The minimum atomic E-state index is -3.91. The van der Waals surface area contributed by atoms with Crippen LogP contribution in [0.15, 0.2) is 52.6 Å². The maximum atomic E-state index is 11.8. The molecule has 0 aliphatic carbocycles. The van der Waals surface area contributed by atoms with E-state index < -0.39 is 10.1 Å². The summed E-state index contributed by atoms with van der Waals surface area (Å²) in [6.07, 6.45) is 2.84. The van der Waals surface area contributed by atoms with Crippen LogP contribution in [0.3, 0.4) is 0 Å². The molecule has 0 radical (unpaired) electrons. The lowest BCUT2D eigenvalue weighted by atomic mass is 10.3. The molecule has 2 rings (SSSR count). The van der Waals surface area contributed by atoms with Gasteiger partial charge in [-0.25, -0.2) is 0 Å². The molecule has 0 atom stereocenters. The predicted molar refractivity (Wildman–Crippen MR) is 72.4 cm³/mol. The first kappa shape index (κ1) is 13.8. The number of nitrogens with zero attached hydrogens (tertiary/aromatic N) is 3. The summed E-state index contributed by atoms with van der Waals surface area (Å²) < 4.78 is 29.7. The van der Waals surface area contributed by atoms with Crippen molar-refractivity contribution in [2.45, 2.75) is 4.90 Å². The highest BCUT2D eigenvalue weighted by molar-refractivity contribution is 7.86. The van der Waals surface area contributed by atoms with Crippen molar-refractivity contribution in [1.29, 1.82) is 5.26 Å². The van der Waals surface area contributed by atoms with E-state index in [1.807, 2.05) is 6.07 Å². The van der Waals surface area contributed by atoms with Gasteiger partial charge in [-0.15, -0.1) is 0 Å². The van der Waals surface area contributed by atoms with Crippen molar-refractivity contribution in [3.05, 3.63) is 53.9 Å². The van der Waals surface area contributed by atoms with Crippen LogP contribution in [0.4, 0.5) is 0 Å². The molecular weight excluding hydrogens is 278 g/mol. The van der Waals surface area contributed by atoms with Gasteiger partial charge in [0.1, 0.15) is 11.0 Å². The van der Waals surface area contributed by atoms with Gasteiger partial charge in [0.05, 0.1) is 17.5 Å². The van der Waals surface area contributed by atoms with Gasteiger partial charge < -0.3 is 4.57 Å². The Balaban J connectivity index is 2.14. The molecule has 0 fully saturated rings. The van der Waals surface area contributed by atoms with Crippen LogP contribution in [0.5, 0.6) is 0 Å². The third-order valence-corrected chi connectivity index (χ3v) is 3.66.